The molecule has 0 aliphatic heterocycles. The highest BCUT2D eigenvalue weighted by molar-refractivity contribution is 5.80. The van der Waals surface area contributed by atoms with Gasteiger partial charge in [0.1, 0.15) is 11.7 Å². The van der Waals surface area contributed by atoms with Crippen LogP contribution in [0.3, 0.4) is 0 Å². The third-order valence-corrected chi connectivity index (χ3v) is 9.29. The van der Waals surface area contributed by atoms with Crippen molar-refractivity contribution in [2.75, 3.05) is 13.2 Å². The molecule has 0 bridgehead atoms. The Kier molecular flexibility index (Phi) is 20.8. The summed E-state index contributed by atoms with van der Waals surface area (Å²) in [6.07, 6.45) is -15.5. The molecule has 0 aromatic heterocycles. The first-order valence-electron chi connectivity index (χ1n) is 18.1. The van der Waals surface area contributed by atoms with Crippen LogP contribution in [0.25, 0.3) is 0 Å². The van der Waals surface area contributed by atoms with Gasteiger partial charge in [-0.1, -0.05) is 40.0 Å². The molecule has 0 spiro atoms. The first-order valence-corrected chi connectivity index (χ1v) is 18.1. The molecule has 55 heavy (non-hydrogen) atoms. The third-order valence-electron chi connectivity index (χ3n) is 9.29. The van der Waals surface area contributed by atoms with E-state index in [1.165, 1.54) is 13.8 Å². The first kappa shape index (κ1) is 54.3. The fourth-order valence-corrected chi connectivity index (χ4v) is 4.26. The standard InChI is InChI=1S/C17H26F6O3.C12H22O4.C8H13F3O2/c1-4-14(2,3)13(24)26-12(11-8-6-5-7-9-11)10-15(25,16(18,19)20)17(21,22)23;1-7-12(5,6)10(14)15-8-9(13)16-11(2,3)4;1-4-7(2,3)6(12)13-5-8(9,10)11/h11-12,25H,4-10H2,1-3H3;7-8H2,1-6H3;4-5H2,1-3H3. The van der Waals surface area contributed by atoms with Gasteiger partial charge in [0.25, 0.3) is 5.60 Å². The lowest BCUT2D eigenvalue weighted by Crippen LogP contribution is -2.59. The van der Waals surface area contributed by atoms with Crippen molar-refractivity contribution in [3.05, 3.63) is 0 Å². The number of aliphatic hydroxyl groups is 1. The number of ether oxygens (including phenoxy) is 4. The monoisotopic (exact) mass is 820 g/mol. The lowest BCUT2D eigenvalue weighted by atomic mass is 9.80. The molecular weight excluding hydrogens is 759 g/mol. The number of rotatable bonds is 13. The van der Waals surface area contributed by atoms with Crippen LogP contribution in [0.15, 0.2) is 0 Å². The molecule has 0 radical (unpaired) electrons. The maximum atomic E-state index is 13.1. The van der Waals surface area contributed by atoms with Gasteiger partial charge in [0.15, 0.2) is 13.2 Å². The minimum atomic E-state index is -5.93. The van der Waals surface area contributed by atoms with Crippen LogP contribution in [-0.4, -0.2) is 78.0 Å². The van der Waals surface area contributed by atoms with E-state index in [2.05, 4.69) is 4.74 Å². The van der Waals surface area contributed by atoms with Gasteiger partial charge in [0, 0.05) is 6.42 Å². The highest BCUT2D eigenvalue weighted by Gasteiger charge is 2.71. The van der Waals surface area contributed by atoms with Gasteiger partial charge in [-0.3, -0.25) is 14.4 Å². The Balaban J connectivity index is 0. The molecule has 1 saturated carbocycles. The molecule has 0 saturated heterocycles. The summed E-state index contributed by atoms with van der Waals surface area (Å²) >= 11 is 0. The molecule has 1 aliphatic rings. The Labute approximate surface area is 318 Å². The molecule has 1 atom stereocenters. The van der Waals surface area contributed by atoms with Gasteiger partial charge in [0.05, 0.1) is 16.2 Å². The Bertz CT molecular complexity index is 1200. The molecule has 1 rings (SSSR count). The van der Waals surface area contributed by atoms with Gasteiger partial charge in [-0.2, -0.15) is 39.5 Å². The summed E-state index contributed by atoms with van der Waals surface area (Å²) in [5, 5.41) is 9.52. The van der Waals surface area contributed by atoms with Crippen LogP contribution in [0.1, 0.15) is 141 Å². The van der Waals surface area contributed by atoms with E-state index in [4.69, 9.17) is 14.2 Å². The summed E-state index contributed by atoms with van der Waals surface area (Å²) in [7, 11) is 0. The average Bonchev–Trinajstić information content (AvgIpc) is 3.04. The summed E-state index contributed by atoms with van der Waals surface area (Å²) in [6.45, 7) is 18.4. The van der Waals surface area contributed by atoms with Gasteiger partial charge in [-0.15, -0.1) is 0 Å². The number of esters is 4. The van der Waals surface area contributed by atoms with Crippen LogP contribution < -0.4 is 0 Å². The van der Waals surface area contributed by atoms with Gasteiger partial charge in [-0.25, -0.2) is 4.79 Å². The van der Waals surface area contributed by atoms with E-state index >= 15 is 0 Å². The Morgan fingerprint density at radius 2 is 1.00 bits per heavy atom. The summed E-state index contributed by atoms with van der Waals surface area (Å²) in [5.41, 5.74) is -7.91. The molecule has 9 nitrogen and oxygen atoms in total. The predicted octanol–water partition coefficient (Wildman–Crippen LogP) is 10.00. The van der Waals surface area contributed by atoms with Gasteiger partial charge < -0.3 is 24.1 Å². The van der Waals surface area contributed by atoms with Crippen molar-refractivity contribution in [1.82, 2.24) is 0 Å². The zero-order valence-electron chi connectivity index (χ0n) is 34.0. The van der Waals surface area contributed by atoms with E-state index in [0.29, 0.717) is 44.9 Å². The molecule has 1 unspecified atom stereocenters. The molecule has 1 aliphatic carbocycles. The Morgan fingerprint density at radius 3 is 1.35 bits per heavy atom. The normalized spacial score (nSPS) is 15.7. The van der Waals surface area contributed by atoms with E-state index in [1.807, 2.05) is 6.92 Å². The van der Waals surface area contributed by atoms with E-state index in [-0.39, 0.29) is 12.6 Å². The second-order valence-corrected chi connectivity index (χ2v) is 16.5. The molecule has 0 aromatic carbocycles. The van der Waals surface area contributed by atoms with Crippen LogP contribution >= 0.6 is 0 Å². The molecule has 0 amide bonds. The zero-order valence-corrected chi connectivity index (χ0v) is 34.0. The van der Waals surface area contributed by atoms with Crippen molar-refractivity contribution >= 4 is 23.9 Å². The summed E-state index contributed by atoms with van der Waals surface area (Å²) in [5.74, 6) is -3.21. The number of hydrogen-bond acceptors (Lipinski definition) is 9. The average molecular weight is 821 g/mol. The number of hydrogen-bond donors (Lipinski definition) is 1. The topological polar surface area (TPSA) is 125 Å². The first-order chi connectivity index (χ1) is 24.4. The second-order valence-electron chi connectivity index (χ2n) is 16.5. The summed E-state index contributed by atoms with van der Waals surface area (Å²) in [6, 6.07) is 0. The van der Waals surface area contributed by atoms with Crippen molar-refractivity contribution in [3.63, 3.8) is 0 Å². The molecule has 1 fully saturated rings. The van der Waals surface area contributed by atoms with Gasteiger partial charge in [-0.05, 0) is 100 Å². The quantitative estimate of drug-likeness (QED) is 0.110. The number of alkyl halides is 9. The zero-order chi connectivity index (χ0) is 44.1. The van der Waals surface area contributed by atoms with E-state index < -0.39 is 88.9 Å². The third kappa shape index (κ3) is 19.8. The predicted molar refractivity (Wildman–Crippen MR) is 184 cm³/mol. The highest BCUT2D eigenvalue weighted by Crippen LogP contribution is 2.48. The van der Waals surface area contributed by atoms with Crippen molar-refractivity contribution < 1.29 is 82.7 Å². The number of carbonyl (C=O) groups is 4. The largest absolute Gasteiger partial charge is 0.462 e. The highest BCUT2D eigenvalue weighted by atomic mass is 19.4. The van der Waals surface area contributed by atoms with Crippen molar-refractivity contribution in [2.45, 2.75) is 177 Å². The van der Waals surface area contributed by atoms with E-state index in [0.717, 1.165) is 6.42 Å². The van der Waals surface area contributed by atoms with Crippen molar-refractivity contribution in [2.24, 2.45) is 22.2 Å². The van der Waals surface area contributed by atoms with Crippen LogP contribution in [0.4, 0.5) is 39.5 Å². The lowest BCUT2D eigenvalue weighted by molar-refractivity contribution is -0.375. The fraction of sp³-hybridized carbons (Fsp3) is 0.892. The number of carbonyl (C=O) groups excluding carboxylic acids is 4. The fourth-order valence-electron chi connectivity index (χ4n) is 4.26. The van der Waals surface area contributed by atoms with Crippen molar-refractivity contribution in [1.29, 1.82) is 0 Å². The second kappa shape index (κ2) is 21.1. The van der Waals surface area contributed by atoms with Gasteiger partial charge >= 0.3 is 42.4 Å². The SMILES string of the molecule is CCC(C)(C)C(=O)OC(CC(O)(C(F)(F)F)C(F)(F)F)C1CCCCC1.CCC(C)(C)C(=O)OCC(=O)OC(C)(C)C.CCC(C)(C)C(=O)OCC(F)(F)F. The maximum Gasteiger partial charge on any atom is 0.426 e. The molecule has 326 valence electrons. The molecule has 0 heterocycles. The summed E-state index contributed by atoms with van der Waals surface area (Å²) in [4.78, 5) is 46.1. The molecule has 0 aromatic rings. The van der Waals surface area contributed by atoms with Gasteiger partial charge in [0.2, 0.25) is 0 Å². The lowest BCUT2D eigenvalue weighted by Gasteiger charge is -2.39. The van der Waals surface area contributed by atoms with E-state index in [9.17, 15) is 63.8 Å². The Hall–Kier alpha value is -2.79. The molecule has 18 heteroatoms. The number of halogens is 9. The molecule has 1 N–H and O–H groups in total. The van der Waals surface area contributed by atoms with Crippen molar-refractivity contribution in [3.8, 4) is 0 Å². The summed E-state index contributed by atoms with van der Waals surface area (Å²) < 4.78 is 132. The van der Waals surface area contributed by atoms with Crippen LogP contribution in [0.2, 0.25) is 0 Å². The van der Waals surface area contributed by atoms with E-state index in [1.54, 1.807) is 62.3 Å². The van der Waals surface area contributed by atoms with Crippen LogP contribution in [0.5, 0.6) is 0 Å². The minimum Gasteiger partial charge on any atom is -0.462 e. The minimum absolute atomic E-state index is 0.312. The van der Waals surface area contributed by atoms with Crippen LogP contribution in [0, 0.1) is 22.2 Å². The Morgan fingerprint density at radius 1 is 0.618 bits per heavy atom. The van der Waals surface area contributed by atoms with Crippen LogP contribution in [-0.2, 0) is 38.1 Å². The molecular formula is C37H61F9O9. The maximum absolute atomic E-state index is 13.1. The smallest absolute Gasteiger partial charge is 0.426 e.